The van der Waals surface area contributed by atoms with Gasteiger partial charge in [-0.3, -0.25) is 0 Å². The summed E-state index contributed by atoms with van der Waals surface area (Å²) in [5.74, 6) is 0. The molecule has 0 amide bonds. The SMILES string of the molecule is c1ccc(-c2ccc(-c3ccc(N(c4ccc(-c5ccc(-c6ccccc6)cc5)cc4)c4ccc(-c5cc(-c6ccccc6)ccc5-c5ccccc5)cc4)cc3)cc2)cc1. The molecule has 0 aliphatic carbocycles. The number of rotatable bonds is 10. The van der Waals surface area contributed by atoms with E-state index in [0.717, 1.165) is 17.1 Å². The number of anilines is 3. The first-order valence-corrected chi connectivity index (χ1v) is 20.9. The first-order chi connectivity index (χ1) is 30.2. The fraction of sp³-hybridized carbons (Fsp3) is 0. The van der Waals surface area contributed by atoms with Crippen molar-refractivity contribution in [3.63, 3.8) is 0 Å². The van der Waals surface area contributed by atoms with Gasteiger partial charge in [0, 0.05) is 17.1 Å². The lowest BCUT2D eigenvalue weighted by atomic mass is 9.91. The Morgan fingerprint density at radius 3 is 0.738 bits per heavy atom. The lowest BCUT2D eigenvalue weighted by Gasteiger charge is -2.26. The molecule has 1 heteroatoms. The molecular formula is C60H43N. The van der Waals surface area contributed by atoms with Gasteiger partial charge in [-0.25, -0.2) is 0 Å². The third-order valence-corrected chi connectivity index (χ3v) is 11.5. The second kappa shape index (κ2) is 17.1. The number of hydrogen-bond donors (Lipinski definition) is 0. The van der Waals surface area contributed by atoms with Crippen LogP contribution in [-0.2, 0) is 0 Å². The predicted octanol–water partition coefficient (Wildman–Crippen LogP) is 16.8. The summed E-state index contributed by atoms with van der Waals surface area (Å²) in [4.78, 5) is 2.35. The molecule has 0 unspecified atom stereocenters. The molecule has 10 aromatic carbocycles. The lowest BCUT2D eigenvalue weighted by molar-refractivity contribution is 1.28. The molecule has 0 aromatic heterocycles. The van der Waals surface area contributed by atoms with Crippen LogP contribution in [0.4, 0.5) is 17.1 Å². The van der Waals surface area contributed by atoms with Crippen LogP contribution in [0, 0.1) is 0 Å². The average Bonchev–Trinajstić information content (AvgIpc) is 3.36. The van der Waals surface area contributed by atoms with Gasteiger partial charge in [-0.1, -0.05) is 218 Å². The monoisotopic (exact) mass is 777 g/mol. The highest BCUT2D eigenvalue weighted by atomic mass is 15.1. The van der Waals surface area contributed by atoms with Crippen molar-refractivity contribution in [1.29, 1.82) is 0 Å². The zero-order chi connectivity index (χ0) is 40.8. The molecule has 10 rings (SSSR count). The maximum atomic E-state index is 2.35. The van der Waals surface area contributed by atoms with Crippen LogP contribution >= 0.6 is 0 Å². The van der Waals surface area contributed by atoms with Gasteiger partial charge in [0.25, 0.3) is 0 Å². The van der Waals surface area contributed by atoms with E-state index in [0.29, 0.717) is 0 Å². The maximum Gasteiger partial charge on any atom is 0.0462 e. The molecule has 0 N–H and O–H groups in total. The zero-order valence-corrected chi connectivity index (χ0v) is 33.8. The average molecular weight is 778 g/mol. The van der Waals surface area contributed by atoms with E-state index < -0.39 is 0 Å². The van der Waals surface area contributed by atoms with E-state index in [2.05, 4.69) is 266 Å². The summed E-state index contributed by atoms with van der Waals surface area (Å²) in [6, 6.07) is 93.9. The van der Waals surface area contributed by atoms with Crippen molar-refractivity contribution in [3.05, 3.63) is 261 Å². The van der Waals surface area contributed by atoms with Crippen molar-refractivity contribution in [1.82, 2.24) is 0 Å². The Bertz CT molecular complexity index is 2850. The topological polar surface area (TPSA) is 3.24 Å². The molecule has 0 radical (unpaired) electrons. The fourth-order valence-corrected chi connectivity index (χ4v) is 8.28. The van der Waals surface area contributed by atoms with Crippen molar-refractivity contribution in [2.75, 3.05) is 4.90 Å². The lowest BCUT2D eigenvalue weighted by Crippen LogP contribution is -2.09. The van der Waals surface area contributed by atoms with E-state index in [1.165, 1.54) is 77.9 Å². The minimum absolute atomic E-state index is 1.09. The van der Waals surface area contributed by atoms with E-state index in [-0.39, 0.29) is 0 Å². The molecule has 0 aliphatic rings. The Morgan fingerprint density at radius 1 is 0.164 bits per heavy atom. The Kier molecular flexibility index (Phi) is 10.4. The standard InChI is InChI=1S/C60H43N/c1-5-13-44(14-6-1)47-21-25-49(26-22-47)51-29-36-56(37-30-51)61(57-38-31-52(32-39-57)50-27-23-48(24-28-50)45-15-7-2-8-16-45)58-40-33-54(34-41-58)60-43-55(46-17-9-3-10-18-46)35-42-59(60)53-19-11-4-12-20-53/h1-43H. The van der Waals surface area contributed by atoms with Crippen LogP contribution in [0.1, 0.15) is 0 Å². The minimum atomic E-state index is 1.09. The van der Waals surface area contributed by atoms with Gasteiger partial charge >= 0.3 is 0 Å². The fourth-order valence-electron chi connectivity index (χ4n) is 8.28. The van der Waals surface area contributed by atoms with E-state index in [1.54, 1.807) is 0 Å². The second-order valence-electron chi connectivity index (χ2n) is 15.4. The normalized spacial score (nSPS) is 11.0. The molecule has 0 atom stereocenters. The maximum absolute atomic E-state index is 2.35. The van der Waals surface area contributed by atoms with E-state index in [1.807, 2.05) is 0 Å². The molecule has 0 aliphatic heterocycles. The van der Waals surface area contributed by atoms with Gasteiger partial charge in [0.15, 0.2) is 0 Å². The molecule has 288 valence electrons. The third kappa shape index (κ3) is 8.06. The molecule has 1 nitrogen and oxygen atoms in total. The Labute approximate surface area is 359 Å². The number of nitrogens with zero attached hydrogens (tertiary/aromatic N) is 1. The summed E-state index contributed by atoms with van der Waals surface area (Å²) in [6.45, 7) is 0. The van der Waals surface area contributed by atoms with E-state index >= 15 is 0 Å². The largest absolute Gasteiger partial charge is 0.311 e. The quantitative estimate of drug-likeness (QED) is 0.134. The first-order valence-electron chi connectivity index (χ1n) is 20.9. The molecular weight excluding hydrogens is 735 g/mol. The van der Waals surface area contributed by atoms with Gasteiger partial charge in [-0.05, 0) is 120 Å². The highest BCUT2D eigenvalue weighted by molar-refractivity contribution is 5.89. The number of benzene rings is 10. The van der Waals surface area contributed by atoms with E-state index in [4.69, 9.17) is 0 Å². The van der Waals surface area contributed by atoms with E-state index in [9.17, 15) is 0 Å². The van der Waals surface area contributed by atoms with Gasteiger partial charge in [0.05, 0.1) is 0 Å². The zero-order valence-electron chi connectivity index (χ0n) is 33.8. The van der Waals surface area contributed by atoms with Crippen molar-refractivity contribution in [3.8, 4) is 77.9 Å². The number of hydrogen-bond acceptors (Lipinski definition) is 1. The smallest absolute Gasteiger partial charge is 0.0462 e. The molecule has 0 heterocycles. The highest BCUT2D eigenvalue weighted by Gasteiger charge is 2.16. The molecule has 0 fully saturated rings. The molecule has 0 saturated carbocycles. The molecule has 61 heavy (non-hydrogen) atoms. The van der Waals surface area contributed by atoms with Gasteiger partial charge < -0.3 is 4.90 Å². The van der Waals surface area contributed by atoms with Crippen LogP contribution in [-0.4, -0.2) is 0 Å². The van der Waals surface area contributed by atoms with Crippen molar-refractivity contribution in [2.45, 2.75) is 0 Å². The Balaban J connectivity index is 1.01. The van der Waals surface area contributed by atoms with Crippen LogP contribution in [0.15, 0.2) is 261 Å². The summed E-state index contributed by atoms with van der Waals surface area (Å²) in [6.07, 6.45) is 0. The van der Waals surface area contributed by atoms with Crippen molar-refractivity contribution in [2.24, 2.45) is 0 Å². The van der Waals surface area contributed by atoms with Gasteiger partial charge in [0.2, 0.25) is 0 Å². The first kappa shape index (κ1) is 37.3. The molecule has 10 aromatic rings. The van der Waals surface area contributed by atoms with Gasteiger partial charge in [-0.2, -0.15) is 0 Å². The summed E-state index contributed by atoms with van der Waals surface area (Å²) in [7, 11) is 0. The van der Waals surface area contributed by atoms with Crippen LogP contribution in [0.3, 0.4) is 0 Å². The summed E-state index contributed by atoms with van der Waals surface area (Å²) < 4.78 is 0. The summed E-state index contributed by atoms with van der Waals surface area (Å²) in [5, 5.41) is 0. The summed E-state index contributed by atoms with van der Waals surface area (Å²) in [5.41, 5.74) is 20.1. The van der Waals surface area contributed by atoms with Crippen molar-refractivity contribution >= 4 is 17.1 Å². The van der Waals surface area contributed by atoms with Gasteiger partial charge in [0.1, 0.15) is 0 Å². The summed E-state index contributed by atoms with van der Waals surface area (Å²) >= 11 is 0. The van der Waals surface area contributed by atoms with Gasteiger partial charge in [-0.15, -0.1) is 0 Å². The Morgan fingerprint density at radius 2 is 0.393 bits per heavy atom. The third-order valence-electron chi connectivity index (χ3n) is 11.5. The molecule has 0 bridgehead atoms. The van der Waals surface area contributed by atoms with Crippen molar-refractivity contribution < 1.29 is 0 Å². The molecule has 0 spiro atoms. The molecule has 0 saturated heterocycles. The van der Waals surface area contributed by atoms with Crippen LogP contribution in [0.2, 0.25) is 0 Å². The minimum Gasteiger partial charge on any atom is -0.311 e. The van der Waals surface area contributed by atoms with Crippen LogP contribution in [0.25, 0.3) is 77.9 Å². The predicted molar refractivity (Wildman–Crippen MR) is 259 cm³/mol. The van der Waals surface area contributed by atoms with Crippen LogP contribution in [0.5, 0.6) is 0 Å². The Hall–Kier alpha value is -8.00. The highest BCUT2D eigenvalue weighted by Crippen LogP contribution is 2.40. The van der Waals surface area contributed by atoms with Crippen LogP contribution < -0.4 is 4.90 Å². The second-order valence-corrected chi connectivity index (χ2v) is 15.4.